The first-order chi connectivity index (χ1) is 17.0. The van der Waals surface area contributed by atoms with Crippen molar-refractivity contribution >= 4 is 17.1 Å². The third kappa shape index (κ3) is 4.93. The Morgan fingerprint density at radius 2 is 1.63 bits per heavy atom. The van der Waals surface area contributed by atoms with Crippen molar-refractivity contribution in [2.75, 3.05) is 31.1 Å². The fourth-order valence-corrected chi connectivity index (χ4v) is 4.82. The van der Waals surface area contributed by atoms with Crippen LogP contribution in [0.25, 0.3) is 11.2 Å². The molecule has 8 nitrogen and oxygen atoms in total. The lowest BCUT2D eigenvalue weighted by Crippen LogP contribution is -2.46. The van der Waals surface area contributed by atoms with Gasteiger partial charge in [-0.3, -0.25) is 19.2 Å². The first kappa shape index (κ1) is 23.1. The number of benzene rings is 2. The van der Waals surface area contributed by atoms with Gasteiger partial charge in [-0.05, 0) is 30.9 Å². The number of nitrogens with one attached hydrogen (secondary N) is 1. The van der Waals surface area contributed by atoms with Gasteiger partial charge >= 0.3 is 5.69 Å². The zero-order chi connectivity index (χ0) is 24.4. The van der Waals surface area contributed by atoms with Crippen molar-refractivity contribution in [1.82, 2.24) is 24.0 Å². The highest BCUT2D eigenvalue weighted by atomic mass is 16.2. The molecular weight excluding hydrogens is 440 g/mol. The maximum atomic E-state index is 12.8. The van der Waals surface area contributed by atoms with Gasteiger partial charge in [-0.15, -0.1) is 0 Å². The van der Waals surface area contributed by atoms with Gasteiger partial charge in [-0.2, -0.15) is 4.98 Å². The zero-order valence-corrected chi connectivity index (χ0v) is 20.4. The summed E-state index contributed by atoms with van der Waals surface area (Å²) >= 11 is 0. The van der Waals surface area contributed by atoms with Crippen LogP contribution >= 0.6 is 0 Å². The van der Waals surface area contributed by atoms with Crippen molar-refractivity contribution in [3.8, 4) is 0 Å². The summed E-state index contributed by atoms with van der Waals surface area (Å²) in [5, 5.41) is 0. The maximum absolute atomic E-state index is 12.8. The number of piperazine rings is 1. The van der Waals surface area contributed by atoms with E-state index in [9.17, 15) is 9.59 Å². The van der Waals surface area contributed by atoms with Gasteiger partial charge in [0.15, 0.2) is 11.2 Å². The lowest BCUT2D eigenvalue weighted by atomic mass is 10.1. The molecule has 0 saturated carbocycles. The molecule has 2 aromatic heterocycles. The van der Waals surface area contributed by atoms with Crippen molar-refractivity contribution in [3.05, 3.63) is 92.1 Å². The quantitative estimate of drug-likeness (QED) is 0.447. The molecule has 1 saturated heterocycles. The molecule has 3 heterocycles. The zero-order valence-electron chi connectivity index (χ0n) is 20.4. The van der Waals surface area contributed by atoms with Gasteiger partial charge in [-0.1, -0.05) is 60.2 Å². The van der Waals surface area contributed by atoms with Crippen molar-refractivity contribution in [2.24, 2.45) is 7.05 Å². The van der Waals surface area contributed by atoms with Gasteiger partial charge in [0, 0.05) is 46.3 Å². The third-order valence-corrected chi connectivity index (χ3v) is 6.86. The summed E-state index contributed by atoms with van der Waals surface area (Å²) in [7, 11) is 1.66. The predicted octanol–water partition coefficient (Wildman–Crippen LogP) is 2.69. The van der Waals surface area contributed by atoms with Crippen LogP contribution in [0.15, 0.2) is 64.2 Å². The van der Waals surface area contributed by atoms with Crippen molar-refractivity contribution in [2.45, 2.75) is 32.9 Å². The number of rotatable bonds is 7. The van der Waals surface area contributed by atoms with Crippen molar-refractivity contribution in [3.63, 3.8) is 0 Å². The number of aromatic nitrogens is 4. The normalized spacial score (nSPS) is 14.6. The molecule has 0 spiro atoms. The molecule has 1 N–H and O–H groups in total. The Bertz CT molecular complexity index is 1410. The minimum absolute atomic E-state index is 0.375. The fraction of sp³-hybridized carbons (Fsp3) is 0.370. The summed E-state index contributed by atoms with van der Waals surface area (Å²) in [6.07, 6.45) is 1.78. The number of aromatic amines is 1. The summed E-state index contributed by atoms with van der Waals surface area (Å²) in [5.41, 5.74) is 3.95. The van der Waals surface area contributed by atoms with Crippen LogP contribution in [-0.4, -0.2) is 50.2 Å². The van der Waals surface area contributed by atoms with E-state index in [1.807, 2.05) is 22.8 Å². The van der Waals surface area contributed by atoms with Crippen molar-refractivity contribution < 1.29 is 0 Å². The highest BCUT2D eigenvalue weighted by molar-refractivity contribution is 5.74. The standard InChI is InChI=1S/C27H32N6O2/c1-20-10-12-22(13-11-20)19-31-15-17-32(18-16-31)26-28-24-23(25(34)29-27(35)30(24)2)33(26)14-6-9-21-7-4-3-5-8-21/h3-5,7-8,10-13H,6,9,14-19H2,1-2H3,(H,29,34,35). The van der Waals surface area contributed by atoms with E-state index in [0.29, 0.717) is 17.7 Å². The average molecular weight is 473 g/mol. The van der Waals surface area contributed by atoms with Crippen molar-refractivity contribution in [1.29, 1.82) is 0 Å². The smallest absolute Gasteiger partial charge is 0.329 e. The number of nitrogens with zero attached hydrogens (tertiary/aromatic N) is 5. The van der Waals surface area contributed by atoms with E-state index in [2.05, 4.69) is 58.1 Å². The van der Waals surface area contributed by atoms with E-state index in [4.69, 9.17) is 4.98 Å². The second-order valence-electron chi connectivity index (χ2n) is 9.39. The van der Waals surface area contributed by atoms with Gasteiger partial charge in [0.2, 0.25) is 5.95 Å². The second kappa shape index (κ2) is 9.92. The van der Waals surface area contributed by atoms with Crippen LogP contribution < -0.4 is 16.1 Å². The Balaban J connectivity index is 1.37. The SMILES string of the molecule is Cc1ccc(CN2CCN(c3nc4c(c(=O)[nH]c(=O)n4C)n3CCCc3ccccc3)CC2)cc1. The molecule has 5 rings (SSSR count). The summed E-state index contributed by atoms with van der Waals surface area (Å²) in [6.45, 7) is 7.16. The molecule has 35 heavy (non-hydrogen) atoms. The molecule has 0 amide bonds. The van der Waals surface area contributed by atoms with E-state index >= 15 is 0 Å². The lowest BCUT2D eigenvalue weighted by molar-refractivity contribution is 0.248. The maximum Gasteiger partial charge on any atom is 0.329 e. The minimum atomic E-state index is -0.439. The first-order valence-corrected chi connectivity index (χ1v) is 12.3. The predicted molar refractivity (Wildman–Crippen MR) is 139 cm³/mol. The highest BCUT2D eigenvalue weighted by Gasteiger charge is 2.25. The molecule has 182 valence electrons. The second-order valence-corrected chi connectivity index (χ2v) is 9.39. The van der Waals surface area contributed by atoms with E-state index in [0.717, 1.165) is 51.5 Å². The Morgan fingerprint density at radius 1 is 0.914 bits per heavy atom. The number of aryl methyl sites for hydroxylation is 4. The van der Waals surface area contributed by atoms with Crippen LogP contribution in [0, 0.1) is 6.92 Å². The number of anilines is 1. The fourth-order valence-electron chi connectivity index (χ4n) is 4.82. The van der Waals surface area contributed by atoms with E-state index in [1.54, 1.807) is 7.05 Å². The van der Waals surface area contributed by atoms with Crippen LogP contribution in [-0.2, 0) is 26.6 Å². The molecule has 1 aliphatic rings. The average Bonchev–Trinajstić information content (AvgIpc) is 3.25. The largest absolute Gasteiger partial charge is 0.340 e. The van der Waals surface area contributed by atoms with Gasteiger partial charge in [0.05, 0.1) is 0 Å². The summed E-state index contributed by atoms with van der Waals surface area (Å²) in [5.74, 6) is 0.773. The summed E-state index contributed by atoms with van der Waals surface area (Å²) in [6, 6.07) is 19.1. The monoisotopic (exact) mass is 472 g/mol. The summed E-state index contributed by atoms with van der Waals surface area (Å²) < 4.78 is 3.44. The van der Waals surface area contributed by atoms with Gasteiger partial charge in [0.1, 0.15) is 0 Å². The Labute approximate surface area is 204 Å². The van der Waals surface area contributed by atoms with Crippen LogP contribution in [0.3, 0.4) is 0 Å². The van der Waals surface area contributed by atoms with Gasteiger partial charge in [-0.25, -0.2) is 4.79 Å². The molecule has 4 aromatic rings. The number of fused-ring (bicyclic) bond motifs is 1. The Kier molecular flexibility index (Phi) is 6.55. The molecule has 0 unspecified atom stereocenters. The minimum Gasteiger partial charge on any atom is -0.340 e. The third-order valence-electron chi connectivity index (χ3n) is 6.86. The number of imidazole rings is 1. The highest BCUT2D eigenvalue weighted by Crippen LogP contribution is 2.22. The molecule has 0 radical (unpaired) electrons. The Morgan fingerprint density at radius 3 is 2.34 bits per heavy atom. The number of hydrogen-bond acceptors (Lipinski definition) is 5. The molecule has 2 aromatic carbocycles. The molecule has 0 bridgehead atoms. The molecule has 8 heteroatoms. The van der Waals surface area contributed by atoms with Gasteiger partial charge in [0.25, 0.3) is 5.56 Å². The molecular formula is C27H32N6O2. The molecule has 0 atom stereocenters. The molecule has 0 aliphatic carbocycles. The van der Waals surface area contributed by atoms with E-state index < -0.39 is 5.69 Å². The van der Waals surface area contributed by atoms with E-state index in [-0.39, 0.29) is 5.56 Å². The number of H-pyrrole nitrogens is 1. The Hall–Kier alpha value is -3.65. The lowest BCUT2D eigenvalue weighted by Gasteiger charge is -2.35. The van der Waals surface area contributed by atoms with Crippen LogP contribution in [0.1, 0.15) is 23.1 Å². The van der Waals surface area contributed by atoms with E-state index in [1.165, 1.54) is 21.3 Å². The number of hydrogen-bond donors (Lipinski definition) is 1. The molecule has 1 fully saturated rings. The van der Waals surface area contributed by atoms with Crippen LogP contribution in [0.2, 0.25) is 0 Å². The topological polar surface area (TPSA) is 79.2 Å². The molecule has 1 aliphatic heterocycles. The first-order valence-electron chi connectivity index (χ1n) is 12.3. The van der Waals surface area contributed by atoms with Crippen LogP contribution in [0.4, 0.5) is 5.95 Å². The van der Waals surface area contributed by atoms with Gasteiger partial charge < -0.3 is 9.47 Å². The van der Waals surface area contributed by atoms with Crippen LogP contribution in [0.5, 0.6) is 0 Å². The summed E-state index contributed by atoms with van der Waals surface area (Å²) in [4.78, 5) is 37.0.